The number of fused-ring (bicyclic) bond motifs is 1. The van der Waals surface area contributed by atoms with Gasteiger partial charge in [0.1, 0.15) is 18.1 Å². The van der Waals surface area contributed by atoms with Gasteiger partial charge in [0.05, 0.1) is 5.52 Å². The first kappa shape index (κ1) is 27.0. The van der Waals surface area contributed by atoms with Crippen molar-refractivity contribution in [1.29, 1.82) is 0 Å². The van der Waals surface area contributed by atoms with E-state index in [0.29, 0.717) is 39.3 Å². The summed E-state index contributed by atoms with van der Waals surface area (Å²) in [6.07, 6.45) is 0.685. The number of rotatable bonds is 9. The number of carbonyl (C=O) groups excluding carboxylic acids is 3. The Balaban J connectivity index is 1.86. The van der Waals surface area contributed by atoms with Crippen molar-refractivity contribution in [2.75, 3.05) is 4.90 Å². The zero-order valence-electron chi connectivity index (χ0n) is 21.8. The highest BCUT2D eigenvalue weighted by molar-refractivity contribution is 6.30. The fourth-order valence-electron chi connectivity index (χ4n) is 4.10. The van der Waals surface area contributed by atoms with E-state index in [4.69, 9.17) is 11.6 Å². The number of para-hydroxylation sites is 1. The van der Waals surface area contributed by atoms with E-state index < -0.39 is 17.5 Å². The molecule has 4 aromatic rings. The third kappa shape index (κ3) is 5.92. The molecule has 1 aromatic heterocycles. The molecule has 4 rings (SSSR count). The van der Waals surface area contributed by atoms with Crippen molar-refractivity contribution in [2.45, 2.75) is 52.2 Å². The standard InChI is InChI=1S/C29H30ClN5O3/c1-5-29(3,4)31-28(38)27(20-13-15-22(30)16-14-20)35(23-10-8-9-21(17-23)19(2)36)26(37)18-34-25-12-7-6-11-24(25)32-33-34/h6-17,27H,5,18H2,1-4H3,(H,31,38)/t27-/m0/s1. The average molecular weight is 532 g/mol. The van der Waals surface area contributed by atoms with E-state index in [-0.39, 0.29) is 18.2 Å². The molecule has 8 nitrogen and oxygen atoms in total. The highest BCUT2D eigenvalue weighted by Gasteiger charge is 2.35. The minimum absolute atomic E-state index is 0.152. The predicted molar refractivity (Wildman–Crippen MR) is 148 cm³/mol. The summed E-state index contributed by atoms with van der Waals surface area (Å²) >= 11 is 6.15. The maximum Gasteiger partial charge on any atom is 0.249 e. The van der Waals surface area contributed by atoms with E-state index in [1.165, 1.54) is 16.5 Å². The minimum atomic E-state index is -1.04. The second-order valence-electron chi connectivity index (χ2n) is 9.79. The Kier molecular flexibility index (Phi) is 7.92. The lowest BCUT2D eigenvalue weighted by Crippen LogP contribution is -2.51. The monoisotopic (exact) mass is 531 g/mol. The highest BCUT2D eigenvalue weighted by atomic mass is 35.5. The van der Waals surface area contributed by atoms with E-state index in [1.807, 2.05) is 45.0 Å². The Morgan fingerprint density at radius 1 is 1.03 bits per heavy atom. The Morgan fingerprint density at radius 2 is 1.74 bits per heavy atom. The van der Waals surface area contributed by atoms with E-state index in [2.05, 4.69) is 15.6 Å². The third-order valence-electron chi connectivity index (χ3n) is 6.54. The van der Waals surface area contributed by atoms with Gasteiger partial charge in [-0.05, 0) is 69.2 Å². The molecule has 0 unspecified atom stereocenters. The fraction of sp³-hybridized carbons (Fsp3) is 0.276. The van der Waals surface area contributed by atoms with Gasteiger partial charge in [0.25, 0.3) is 0 Å². The van der Waals surface area contributed by atoms with Crippen LogP contribution in [0.25, 0.3) is 11.0 Å². The molecule has 0 aliphatic heterocycles. The molecule has 0 saturated heterocycles. The van der Waals surface area contributed by atoms with Gasteiger partial charge >= 0.3 is 0 Å². The van der Waals surface area contributed by atoms with Crippen molar-refractivity contribution in [1.82, 2.24) is 20.3 Å². The first-order valence-corrected chi connectivity index (χ1v) is 12.8. The smallest absolute Gasteiger partial charge is 0.249 e. The Labute approximate surface area is 226 Å². The third-order valence-corrected chi connectivity index (χ3v) is 6.79. The van der Waals surface area contributed by atoms with Crippen LogP contribution < -0.4 is 10.2 Å². The molecular formula is C29H30ClN5O3. The molecule has 0 bridgehead atoms. The van der Waals surface area contributed by atoms with Crippen LogP contribution in [0.1, 0.15) is 56.1 Å². The van der Waals surface area contributed by atoms with Gasteiger partial charge in [-0.2, -0.15) is 0 Å². The molecule has 38 heavy (non-hydrogen) atoms. The van der Waals surface area contributed by atoms with Gasteiger partial charge in [-0.15, -0.1) is 5.10 Å². The topological polar surface area (TPSA) is 97.2 Å². The largest absolute Gasteiger partial charge is 0.349 e. The van der Waals surface area contributed by atoms with Crippen molar-refractivity contribution in [3.63, 3.8) is 0 Å². The Bertz CT molecular complexity index is 1480. The first-order valence-electron chi connectivity index (χ1n) is 12.4. The fourth-order valence-corrected chi connectivity index (χ4v) is 4.23. The van der Waals surface area contributed by atoms with E-state index in [0.717, 1.165) is 0 Å². The molecular weight excluding hydrogens is 502 g/mol. The van der Waals surface area contributed by atoms with Gasteiger partial charge in [0.2, 0.25) is 11.8 Å². The molecule has 0 aliphatic carbocycles. The van der Waals surface area contributed by atoms with Crippen LogP contribution in [0.3, 0.4) is 0 Å². The van der Waals surface area contributed by atoms with E-state index in [9.17, 15) is 14.4 Å². The number of nitrogens with zero attached hydrogens (tertiary/aromatic N) is 4. The number of nitrogens with one attached hydrogen (secondary N) is 1. The molecule has 9 heteroatoms. The number of Topliss-reactive ketones (excluding diaryl/α,β-unsaturated/α-hetero) is 1. The maximum atomic E-state index is 14.1. The van der Waals surface area contributed by atoms with E-state index >= 15 is 0 Å². The van der Waals surface area contributed by atoms with Crippen LogP contribution in [-0.4, -0.2) is 38.1 Å². The molecule has 1 heterocycles. The number of halogens is 1. The normalized spacial score (nSPS) is 12.2. The summed E-state index contributed by atoms with van der Waals surface area (Å²) < 4.78 is 1.51. The second kappa shape index (κ2) is 11.1. The number of aromatic nitrogens is 3. The predicted octanol–water partition coefficient (Wildman–Crippen LogP) is 5.37. The molecule has 1 atom stereocenters. The lowest BCUT2D eigenvalue weighted by atomic mass is 9.98. The zero-order valence-corrected chi connectivity index (χ0v) is 22.6. The van der Waals surface area contributed by atoms with Crippen LogP contribution in [-0.2, 0) is 16.1 Å². The molecule has 196 valence electrons. The number of carbonyl (C=O) groups is 3. The van der Waals surface area contributed by atoms with Crippen LogP contribution in [0.2, 0.25) is 5.02 Å². The molecule has 0 aliphatic rings. The van der Waals surface area contributed by atoms with Crippen molar-refractivity contribution in [3.8, 4) is 0 Å². The SMILES string of the molecule is CCC(C)(C)NC(=O)[C@H](c1ccc(Cl)cc1)N(C(=O)Cn1nnc2ccccc21)c1cccc(C(C)=O)c1. The number of ketones is 1. The quantitative estimate of drug-likeness (QED) is 0.293. The first-order chi connectivity index (χ1) is 18.1. The maximum absolute atomic E-state index is 14.1. The zero-order chi connectivity index (χ0) is 27.4. The van der Waals surface area contributed by atoms with Gasteiger partial charge in [0.15, 0.2) is 5.78 Å². The average Bonchev–Trinajstić information content (AvgIpc) is 3.30. The molecule has 0 fully saturated rings. The molecule has 3 aromatic carbocycles. The summed E-state index contributed by atoms with van der Waals surface area (Å²) in [6, 6.07) is 19.8. The van der Waals surface area contributed by atoms with Crippen molar-refractivity contribution < 1.29 is 14.4 Å². The van der Waals surface area contributed by atoms with Crippen molar-refractivity contribution in [2.24, 2.45) is 0 Å². The molecule has 0 radical (unpaired) electrons. The summed E-state index contributed by atoms with van der Waals surface area (Å²) in [5.41, 5.74) is 2.25. The molecule has 2 amide bonds. The van der Waals surface area contributed by atoms with Crippen LogP contribution in [0.5, 0.6) is 0 Å². The summed E-state index contributed by atoms with van der Waals surface area (Å²) in [4.78, 5) is 41.7. The van der Waals surface area contributed by atoms with Gasteiger partial charge in [0, 0.05) is 21.8 Å². The lowest BCUT2D eigenvalue weighted by molar-refractivity contribution is -0.128. The highest BCUT2D eigenvalue weighted by Crippen LogP contribution is 2.31. The second-order valence-corrected chi connectivity index (χ2v) is 10.2. The van der Waals surface area contributed by atoms with Crippen LogP contribution in [0, 0.1) is 0 Å². The molecule has 0 saturated carbocycles. The minimum Gasteiger partial charge on any atom is -0.349 e. The number of amides is 2. The Hall–Kier alpha value is -4.04. The number of hydrogen-bond acceptors (Lipinski definition) is 5. The van der Waals surface area contributed by atoms with Gasteiger partial charge in [-0.1, -0.05) is 60.1 Å². The molecule has 0 spiro atoms. The van der Waals surface area contributed by atoms with Crippen molar-refractivity contribution in [3.05, 3.63) is 88.9 Å². The van der Waals surface area contributed by atoms with Crippen LogP contribution in [0.4, 0.5) is 5.69 Å². The number of benzene rings is 3. The van der Waals surface area contributed by atoms with Crippen molar-refractivity contribution >= 4 is 45.9 Å². The van der Waals surface area contributed by atoms with Gasteiger partial charge in [-0.25, -0.2) is 4.68 Å². The van der Waals surface area contributed by atoms with Gasteiger partial charge < -0.3 is 5.32 Å². The Morgan fingerprint density at radius 3 is 2.42 bits per heavy atom. The van der Waals surface area contributed by atoms with Gasteiger partial charge in [-0.3, -0.25) is 19.3 Å². The molecule has 1 N–H and O–H groups in total. The summed E-state index contributed by atoms with van der Waals surface area (Å²) in [5, 5.41) is 11.9. The lowest BCUT2D eigenvalue weighted by Gasteiger charge is -2.34. The summed E-state index contributed by atoms with van der Waals surface area (Å²) in [6.45, 7) is 7.12. The number of anilines is 1. The summed E-state index contributed by atoms with van der Waals surface area (Å²) in [5.74, 6) is -0.906. The number of hydrogen-bond donors (Lipinski definition) is 1. The van der Waals surface area contributed by atoms with Crippen LogP contribution >= 0.6 is 11.6 Å². The summed E-state index contributed by atoms with van der Waals surface area (Å²) in [7, 11) is 0. The van der Waals surface area contributed by atoms with Crippen LogP contribution in [0.15, 0.2) is 72.8 Å². The van der Waals surface area contributed by atoms with E-state index in [1.54, 1.807) is 48.5 Å².